The first-order chi connectivity index (χ1) is 15.0. The second-order valence-electron chi connectivity index (χ2n) is 8.73. The van der Waals surface area contributed by atoms with Gasteiger partial charge in [0.15, 0.2) is 0 Å². The number of hydrogen-bond acceptors (Lipinski definition) is 4. The molecule has 0 bridgehead atoms. The molecule has 162 valence electrons. The average Bonchev–Trinajstić information content (AvgIpc) is 3.22. The summed E-state index contributed by atoms with van der Waals surface area (Å²) in [6, 6.07) is 5.91. The molecular formula is C23H25FN4O3. The summed E-state index contributed by atoms with van der Waals surface area (Å²) in [5.41, 5.74) is 0.999. The minimum absolute atomic E-state index is 0.0142. The van der Waals surface area contributed by atoms with E-state index in [-0.39, 0.29) is 35.4 Å². The zero-order valence-corrected chi connectivity index (χ0v) is 17.3. The van der Waals surface area contributed by atoms with Crippen LogP contribution in [0.5, 0.6) is 0 Å². The van der Waals surface area contributed by atoms with Gasteiger partial charge in [0.2, 0.25) is 5.91 Å². The molecule has 0 radical (unpaired) electrons. The van der Waals surface area contributed by atoms with Gasteiger partial charge in [-0.1, -0.05) is 18.6 Å². The molecule has 1 atom stereocenters. The van der Waals surface area contributed by atoms with Crippen molar-refractivity contribution >= 4 is 11.8 Å². The first kappa shape index (κ1) is 19.9. The summed E-state index contributed by atoms with van der Waals surface area (Å²) < 4.78 is 14.1. The molecule has 1 aliphatic carbocycles. The summed E-state index contributed by atoms with van der Waals surface area (Å²) in [4.78, 5) is 49.1. The normalized spacial score (nSPS) is 21.0. The Labute approximate surface area is 179 Å². The van der Waals surface area contributed by atoms with E-state index in [2.05, 4.69) is 4.98 Å². The van der Waals surface area contributed by atoms with Gasteiger partial charge < -0.3 is 14.8 Å². The predicted octanol–water partition coefficient (Wildman–Crippen LogP) is 2.22. The number of H-pyrrole nitrogens is 1. The van der Waals surface area contributed by atoms with Gasteiger partial charge in [0.1, 0.15) is 11.6 Å². The van der Waals surface area contributed by atoms with Crippen molar-refractivity contribution in [1.29, 1.82) is 0 Å². The maximum absolute atomic E-state index is 14.1. The Hall–Kier alpha value is -3.03. The lowest BCUT2D eigenvalue weighted by molar-refractivity contribution is -0.137. The van der Waals surface area contributed by atoms with Gasteiger partial charge in [-0.25, -0.2) is 9.37 Å². The van der Waals surface area contributed by atoms with Gasteiger partial charge in [-0.2, -0.15) is 0 Å². The van der Waals surface area contributed by atoms with Crippen LogP contribution in [0.3, 0.4) is 0 Å². The Balaban J connectivity index is 1.34. The summed E-state index contributed by atoms with van der Waals surface area (Å²) in [5.74, 6) is -0.0129. The quantitative estimate of drug-likeness (QED) is 0.819. The summed E-state index contributed by atoms with van der Waals surface area (Å²) in [6.07, 6.45) is 4.21. The number of amides is 2. The van der Waals surface area contributed by atoms with E-state index in [1.807, 2.05) is 4.90 Å². The Kier molecular flexibility index (Phi) is 5.08. The molecule has 1 saturated heterocycles. The molecule has 31 heavy (non-hydrogen) atoms. The first-order valence-electron chi connectivity index (χ1n) is 11.0. The predicted molar refractivity (Wildman–Crippen MR) is 111 cm³/mol. The lowest BCUT2D eigenvalue weighted by Crippen LogP contribution is -2.40. The molecule has 1 aromatic carbocycles. The lowest BCUT2D eigenvalue weighted by atomic mass is 9.84. The van der Waals surface area contributed by atoms with Gasteiger partial charge >= 0.3 is 0 Å². The van der Waals surface area contributed by atoms with Crippen LogP contribution in [0.25, 0.3) is 0 Å². The smallest absolute Gasteiger partial charge is 0.257 e. The number of fused-ring (bicyclic) bond motifs is 1. The molecule has 0 spiro atoms. The molecule has 3 heterocycles. The van der Waals surface area contributed by atoms with Crippen molar-refractivity contribution in [2.75, 3.05) is 19.6 Å². The second kappa shape index (κ2) is 7.90. The van der Waals surface area contributed by atoms with E-state index in [0.717, 1.165) is 25.7 Å². The number of carbonyl (C=O) groups excluding carboxylic acids is 2. The Morgan fingerprint density at radius 2 is 1.90 bits per heavy atom. The number of aromatic nitrogens is 2. The number of hydrogen-bond donors (Lipinski definition) is 1. The van der Waals surface area contributed by atoms with Crippen LogP contribution in [-0.2, 0) is 17.8 Å². The molecule has 7 nitrogen and oxygen atoms in total. The van der Waals surface area contributed by atoms with Crippen LogP contribution in [0.4, 0.5) is 4.39 Å². The van der Waals surface area contributed by atoms with E-state index in [1.54, 1.807) is 12.1 Å². The summed E-state index contributed by atoms with van der Waals surface area (Å²) in [7, 11) is 0. The number of likely N-dealkylation sites (tertiary alicyclic amines) is 1. The molecule has 5 rings (SSSR count). The van der Waals surface area contributed by atoms with E-state index >= 15 is 0 Å². The van der Waals surface area contributed by atoms with Crippen LogP contribution in [0.1, 0.15) is 59.0 Å². The first-order valence-corrected chi connectivity index (χ1v) is 11.0. The van der Waals surface area contributed by atoms with Crippen LogP contribution in [0.2, 0.25) is 0 Å². The zero-order chi connectivity index (χ0) is 21.5. The Morgan fingerprint density at radius 1 is 1.10 bits per heavy atom. The molecule has 1 N–H and O–H groups in total. The monoisotopic (exact) mass is 424 g/mol. The molecule has 2 aliphatic heterocycles. The van der Waals surface area contributed by atoms with Gasteiger partial charge in [0.05, 0.1) is 17.8 Å². The molecule has 2 amide bonds. The molecule has 2 aromatic rings. The SMILES string of the molecule is O=C(c1ccccc1F)N1CCc2c(nc([C@H]3CCN(C(=O)C4CCC4)C3)[nH]c2=O)C1. The molecule has 2 fully saturated rings. The standard InChI is InChI=1S/C23H25FN4O3/c24-18-7-2-1-6-16(18)23(31)28-11-9-17-19(13-28)25-20(26-21(17)29)15-8-10-27(12-15)22(30)14-4-3-5-14/h1-2,6-7,14-15H,3-5,8-13H2,(H,25,26,29)/t15-/m0/s1. The van der Waals surface area contributed by atoms with Gasteiger partial charge in [-0.05, 0) is 37.8 Å². The zero-order valence-electron chi connectivity index (χ0n) is 17.3. The number of nitrogens with zero attached hydrogens (tertiary/aromatic N) is 3. The van der Waals surface area contributed by atoms with E-state index in [4.69, 9.17) is 4.98 Å². The maximum atomic E-state index is 14.1. The van der Waals surface area contributed by atoms with Crippen molar-refractivity contribution in [2.45, 2.75) is 44.6 Å². The summed E-state index contributed by atoms with van der Waals surface area (Å²) in [6.45, 7) is 1.77. The van der Waals surface area contributed by atoms with Gasteiger partial charge in [-0.3, -0.25) is 14.4 Å². The van der Waals surface area contributed by atoms with E-state index in [0.29, 0.717) is 43.1 Å². The van der Waals surface area contributed by atoms with Gasteiger partial charge in [-0.15, -0.1) is 0 Å². The number of aromatic amines is 1. The highest BCUT2D eigenvalue weighted by atomic mass is 19.1. The van der Waals surface area contributed by atoms with Crippen LogP contribution in [-0.4, -0.2) is 51.2 Å². The minimum atomic E-state index is -0.556. The molecule has 0 unspecified atom stereocenters. The van der Waals surface area contributed by atoms with Crippen molar-refractivity contribution in [3.63, 3.8) is 0 Å². The highest BCUT2D eigenvalue weighted by Gasteiger charge is 2.35. The van der Waals surface area contributed by atoms with Crippen LogP contribution >= 0.6 is 0 Å². The van der Waals surface area contributed by atoms with Crippen molar-refractivity contribution < 1.29 is 14.0 Å². The lowest BCUT2D eigenvalue weighted by Gasteiger charge is -2.29. The largest absolute Gasteiger partial charge is 0.342 e. The highest BCUT2D eigenvalue weighted by molar-refractivity contribution is 5.94. The van der Waals surface area contributed by atoms with Crippen molar-refractivity contribution in [3.05, 3.63) is 63.1 Å². The number of rotatable bonds is 3. The fourth-order valence-corrected chi connectivity index (χ4v) is 4.73. The average molecular weight is 424 g/mol. The fourth-order valence-electron chi connectivity index (χ4n) is 4.73. The summed E-state index contributed by atoms with van der Waals surface area (Å²) >= 11 is 0. The van der Waals surface area contributed by atoms with Gasteiger partial charge in [0, 0.05) is 37.0 Å². The van der Waals surface area contributed by atoms with Crippen molar-refractivity contribution in [3.8, 4) is 0 Å². The molecule has 8 heteroatoms. The highest BCUT2D eigenvalue weighted by Crippen LogP contribution is 2.32. The number of nitrogens with one attached hydrogen (secondary N) is 1. The molecule has 1 saturated carbocycles. The van der Waals surface area contributed by atoms with Crippen LogP contribution < -0.4 is 5.56 Å². The van der Waals surface area contributed by atoms with Gasteiger partial charge in [0.25, 0.3) is 11.5 Å². The van der Waals surface area contributed by atoms with Crippen LogP contribution in [0.15, 0.2) is 29.1 Å². The van der Waals surface area contributed by atoms with E-state index in [9.17, 15) is 18.8 Å². The number of benzene rings is 1. The topological polar surface area (TPSA) is 86.4 Å². The summed E-state index contributed by atoms with van der Waals surface area (Å²) in [5, 5.41) is 0. The molecular weight excluding hydrogens is 399 g/mol. The van der Waals surface area contributed by atoms with Crippen molar-refractivity contribution in [2.24, 2.45) is 5.92 Å². The Bertz CT molecular complexity index is 1090. The third-order valence-electron chi connectivity index (χ3n) is 6.82. The maximum Gasteiger partial charge on any atom is 0.257 e. The number of halogens is 1. The third kappa shape index (κ3) is 3.64. The van der Waals surface area contributed by atoms with E-state index < -0.39 is 11.7 Å². The third-order valence-corrected chi connectivity index (χ3v) is 6.82. The molecule has 1 aromatic heterocycles. The van der Waals surface area contributed by atoms with Crippen LogP contribution in [0, 0.1) is 11.7 Å². The number of carbonyl (C=O) groups is 2. The fraction of sp³-hybridized carbons (Fsp3) is 0.478. The second-order valence-corrected chi connectivity index (χ2v) is 8.73. The minimum Gasteiger partial charge on any atom is -0.342 e. The molecule has 3 aliphatic rings. The van der Waals surface area contributed by atoms with Crippen molar-refractivity contribution in [1.82, 2.24) is 19.8 Å². The van der Waals surface area contributed by atoms with E-state index in [1.165, 1.54) is 17.0 Å². The Morgan fingerprint density at radius 3 is 2.65 bits per heavy atom.